The lowest BCUT2D eigenvalue weighted by Gasteiger charge is -2.47. The summed E-state index contributed by atoms with van der Waals surface area (Å²) in [5, 5.41) is 31.2. The third kappa shape index (κ3) is 7.67. The fourth-order valence-corrected chi connectivity index (χ4v) is 5.08. The molecule has 0 bridgehead atoms. The molecule has 4 rings (SSSR count). The van der Waals surface area contributed by atoms with Gasteiger partial charge in [0.2, 0.25) is 0 Å². The molecule has 5 unspecified atom stereocenters. The van der Waals surface area contributed by atoms with Gasteiger partial charge in [-0.25, -0.2) is 4.79 Å². The van der Waals surface area contributed by atoms with Gasteiger partial charge in [-0.1, -0.05) is 60.7 Å². The zero-order valence-electron chi connectivity index (χ0n) is 23.2. The lowest BCUT2D eigenvalue weighted by atomic mass is 9.96. The van der Waals surface area contributed by atoms with Crippen LogP contribution in [0.2, 0.25) is 0 Å². The predicted octanol–water partition coefficient (Wildman–Crippen LogP) is 1.11. The minimum atomic E-state index is -1.65. The zero-order valence-corrected chi connectivity index (χ0v) is 23.2. The number of aliphatic carboxylic acids is 1. The largest absolute Gasteiger partial charge is 0.479 e. The van der Waals surface area contributed by atoms with Gasteiger partial charge in [0.05, 0.1) is 19.8 Å². The van der Waals surface area contributed by atoms with Gasteiger partial charge in [-0.05, 0) is 11.1 Å². The van der Waals surface area contributed by atoms with Crippen LogP contribution in [0.3, 0.4) is 0 Å². The van der Waals surface area contributed by atoms with Crippen molar-refractivity contribution >= 4 is 5.97 Å². The Morgan fingerprint density at radius 1 is 0.756 bits per heavy atom. The summed E-state index contributed by atoms with van der Waals surface area (Å²) in [5.41, 5.74) is 1.81. The molecule has 0 aromatic heterocycles. The smallest absolute Gasteiger partial charge is 0.335 e. The molecule has 12 nitrogen and oxygen atoms in total. The van der Waals surface area contributed by atoms with Crippen molar-refractivity contribution in [2.24, 2.45) is 0 Å². The van der Waals surface area contributed by atoms with Gasteiger partial charge >= 0.3 is 5.97 Å². The first-order chi connectivity index (χ1) is 19.9. The highest BCUT2D eigenvalue weighted by atomic mass is 16.7. The van der Waals surface area contributed by atoms with Crippen molar-refractivity contribution < 1.29 is 58.0 Å². The van der Waals surface area contributed by atoms with E-state index in [1.807, 2.05) is 60.7 Å². The quantitative estimate of drug-likeness (QED) is 0.312. The Labute approximate surface area is 238 Å². The van der Waals surface area contributed by atoms with E-state index in [2.05, 4.69) is 0 Å². The Balaban J connectivity index is 1.57. The molecule has 2 aliphatic rings. The van der Waals surface area contributed by atoms with E-state index < -0.39 is 67.4 Å². The fraction of sp³-hybridized carbons (Fsp3) is 0.552. The molecule has 10 atom stereocenters. The van der Waals surface area contributed by atoms with Crippen LogP contribution in [-0.2, 0) is 55.9 Å². The Morgan fingerprint density at radius 2 is 1.34 bits per heavy atom. The Morgan fingerprint density at radius 3 is 1.90 bits per heavy atom. The molecule has 2 fully saturated rings. The summed E-state index contributed by atoms with van der Waals surface area (Å²) in [6.07, 6.45) is -11.7. The molecule has 0 radical (unpaired) electrons. The van der Waals surface area contributed by atoms with E-state index in [9.17, 15) is 20.1 Å². The van der Waals surface area contributed by atoms with E-state index in [1.54, 1.807) is 0 Å². The van der Waals surface area contributed by atoms with Crippen molar-refractivity contribution in [2.75, 3.05) is 27.9 Å². The lowest BCUT2D eigenvalue weighted by Crippen LogP contribution is -2.66. The van der Waals surface area contributed by atoms with Crippen molar-refractivity contribution in [3.05, 3.63) is 71.8 Å². The maximum Gasteiger partial charge on any atom is 0.335 e. The molecule has 226 valence electrons. The summed E-state index contributed by atoms with van der Waals surface area (Å²) in [6, 6.07) is 18.9. The molecule has 12 heteroatoms. The van der Waals surface area contributed by atoms with Gasteiger partial charge in [0.15, 0.2) is 18.7 Å². The topological polar surface area (TPSA) is 152 Å². The van der Waals surface area contributed by atoms with E-state index in [-0.39, 0.29) is 19.8 Å². The minimum absolute atomic E-state index is 0.00898. The molecule has 0 saturated carbocycles. The molecule has 2 saturated heterocycles. The Hall–Kier alpha value is -2.49. The van der Waals surface area contributed by atoms with Crippen LogP contribution in [-0.4, -0.2) is 111 Å². The summed E-state index contributed by atoms with van der Waals surface area (Å²) in [7, 11) is 4.13. The van der Waals surface area contributed by atoms with E-state index in [0.29, 0.717) is 0 Å². The molecule has 3 N–H and O–H groups in total. The predicted molar refractivity (Wildman–Crippen MR) is 142 cm³/mol. The number of carboxylic acids is 1. The molecular formula is C29H38O12. The average Bonchev–Trinajstić information content (AvgIpc) is 2.98. The third-order valence-corrected chi connectivity index (χ3v) is 7.16. The SMILES string of the molecule is COC1C(OCc2ccccc2)[C@@H](O)OC(COCc2ccccc2)[C@H]1O[C@@H]1OC(C(=O)O)[C@@H](O)[C@@H](OC)C1OC. The molecule has 0 amide bonds. The maximum atomic E-state index is 11.9. The molecule has 2 heterocycles. The highest BCUT2D eigenvalue weighted by molar-refractivity contribution is 5.73. The van der Waals surface area contributed by atoms with Gasteiger partial charge in [0.1, 0.15) is 42.7 Å². The summed E-state index contributed by atoms with van der Waals surface area (Å²) >= 11 is 0. The number of carboxylic acid groups (broad SMARTS) is 1. The number of ether oxygens (including phenoxy) is 8. The van der Waals surface area contributed by atoms with Crippen molar-refractivity contribution in [2.45, 2.75) is 74.6 Å². The van der Waals surface area contributed by atoms with Crippen LogP contribution in [0, 0.1) is 0 Å². The van der Waals surface area contributed by atoms with Gasteiger partial charge in [0, 0.05) is 21.3 Å². The van der Waals surface area contributed by atoms with Crippen LogP contribution in [0.25, 0.3) is 0 Å². The molecule has 2 aromatic carbocycles. The zero-order chi connectivity index (χ0) is 29.4. The Kier molecular flexibility index (Phi) is 11.6. The first-order valence-corrected chi connectivity index (χ1v) is 13.3. The molecule has 0 spiro atoms. The normalized spacial score (nSPS) is 33.9. The number of carbonyl (C=O) groups is 1. The second-order valence-electron chi connectivity index (χ2n) is 9.78. The molecule has 41 heavy (non-hydrogen) atoms. The lowest BCUT2D eigenvalue weighted by molar-refractivity contribution is -0.361. The van der Waals surface area contributed by atoms with Crippen molar-refractivity contribution in [1.29, 1.82) is 0 Å². The van der Waals surface area contributed by atoms with E-state index >= 15 is 0 Å². The average molecular weight is 579 g/mol. The van der Waals surface area contributed by atoms with Crippen LogP contribution in [0.5, 0.6) is 0 Å². The number of methoxy groups -OCH3 is 3. The number of hydrogen-bond donors (Lipinski definition) is 3. The van der Waals surface area contributed by atoms with Crippen LogP contribution < -0.4 is 0 Å². The van der Waals surface area contributed by atoms with Crippen LogP contribution in [0.1, 0.15) is 11.1 Å². The standard InChI is InChI=1S/C29H38O12/c1-34-22-20(30)23(27(31)32)41-29(26(22)36-3)40-21-19(16-37-14-17-10-6-4-7-11-17)39-28(33)25(24(21)35-2)38-15-18-12-8-5-9-13-18/h4-13,19-26,28-30,33H,14-16H2,1-3H3,(H,31,32)/t19?,20-,21+,22+,23?,24?,25?,26?,28-,29+/m0/s1. The van der Waals surface area contributed by atoms with Gasteiger partial charge in [-0.15, -0.1) is 0 Å². The Bertz CT molecular complexity index is 1060. The van der Waals surface area contributed by atoms with Crippen LogP contribution in [0.15, 0.2) is 60.7 Å². The van der Waals surface area contributed by atoms with Gasteiger partial charge < -0.3 is 53.2 Å². The van der Waals surface area contributed by atoms with Crippen molar-refractivity contribution in [3.63, 3.8) is 0 Å². The highest BCUT2D eigenvalue weighted by Gasteiger charge is 2.54. The molecule has 0 aliphatic carbocycles. The van der Waals surface area contributed by atoms with Crippen molar-refractivity contribution in [1.82, 2.24) is 0 Å². The van der Waals surface area contributed by atoms with Gasteiger partial charge in [-0.3, -0.25) is 0 Å². The van der Waals surface area contributed by atoms with Gasteiger partial charge in [-0.2, -0.15) is 0 Å². The summed E-state index contributed by atoms with van der Waals surface area (Å²) in [6.45, 7) is 0.424. The second-order valence-corrected chi connectivity index (χ2v) is 9.78. The van der Waals surface area contributed by atoms with Crippen LogP contribution >= 0.6 is 0 Å². The third-order valence-electron chi connectivity index (χ3n) is 7.16. The minimum Gasteiger partial charge on any atom is -0.479 e. The van der Waals surface area contributed by atoms with Gasteiger partial charge in [0.25, 0.3) is 0 Å². The van der Waals surface area contributed by atoms with Crippen LogP contribution in [0.4, 0.5) is 0 Å². The number of aliphatic hydroxyl groups is 2. The fourth-order valence-electron chi connectivity index (χ4n) is 5.08. The second kappa shape index (κ2) is 15.1. The summed E-state index contributed by atoms with van der Waals surface area (Å²) < 4.78 is 46.6. The first kappa shape index (κ1) is 31.4. The van der Waals surface area contributed by atoms with E-state index in [4.69, 9.17) is 37.9 Å². The number of aliphatic hydroxyl groups excluding tert-OH is 2. The summed E-state index contributed by atoms with van der Waals surface area (Å²) in [4.78, 5) is 11.9. The van der Waals surface area contributed by atoms with E-state index in [1.165, 1.54) is 21.3 Å². The highest BCUT2D eigenvalue weighted by Crippen LogP contribution is 2.33. The monoisotopic (exact) mass is 578 g/mol. The molecular weight excluding hydrogens is 540 g/mol. The van der Waals surface area contributed by atoms with E-state index in [0.717, 1.165) is 11.1 Å². The molecule has 2 aliphatic heterocycles. The number of hydrogen-bond acceptors (Lipinski definition) is 11. The van der Waals surface area contributed by atoms with Crippen molar-refractivity contribution in [3.8, 4) is 0 Å². The number of benzene rings is 2. The first-order valence-electron chi connectivity index (χ1n) is 13.3. The number of rotatable bonds is 13. The maximum absolute atomic E-state index is 11.9. The summed E-state index contributed by atoms with van der Waals surface area (Å²) in [5.74, 6) is -1.40. The molecule has 2 aromatic rings.